The monoisotopic (exact) mass is 202 g/mol. The van der Waals surface area contributed by atoms with Crippen LogP contribution < -0.4 is 5.32 Å². The molecule has 1 aliphatic heterocycles. The van der Waals surface area contributed by atoms with Gasteiger partial charge in [-0.1, -0.05) is 6.92 Å². The highest BCUT2D eigenvalue weighted by molar-refractivity contribution is 7.99. The van der Waals surface area contributed by atoms with E-state index in [1.54, 1.807) is 11.8 Å². The number of piperazine rings is 1. The van der Waals surface area contributed by atoms with Crippen LogP contribution in [0.3, 0.4) is 0 Å². The van der Waals surface area contributed by atoms with Gasteiger partial charge in [0.05, 0.1) is 0 Å². The Kier molecular flexibility index (Phi) is 4.59. The van der Waals surface area contributed by atoms with E-state index >= 15 is 0 Å². The first-order valence-corrected chi connectivity index (χ1v) is 6.04. The molecule has 76 valence electrons. The summed E-state index contributed by atoms with van der Waals surface area (Å²) in [6.07, 6.45) is 2.73. The zero-order valence-electron chi connectivity index (χ0n) is 8.38. The maximum absolute atomic E-state index is 11.7. The zero-order valence-corrected chi connectivity index (χ0v) is 9.19. The molecule has 4 heteroatoms. The molecule has 1 aliphatic rings. The van der Waals surface area contributed by atoms with Gasteiger partial charge in [0.15, 0.2) is 0 Å². The molecule has 1 rings (SSSR count). The van der Waals surface area contributed by atoms with Crippen molar-refractivity contribution in [3.8, 4) is 0 Å². The maximum Gasteiger partial charge on any atom is 0.223 e. The van der Waals surface area contributed by atoms with Crippen molar-refractivity contribution in [1.82, 2.24) is 10.2 Å². The van der Waals surface area contributed by atoms with Crippen molar-refractivity contribution in [1.29, 1.82) is 0 Å². The van der Waals surface area contributed by atoms with Crippen molar-refractivity contribution < 1.29 is 4.79 Å². The molecule has 0 aromatic carbocycles. The standard InChI is InChI=1S/C9H18N2OS/c1-8(13-2)7-9(12)11-5-3-10-4-6-11/h8,10H,3-7H2,1-2H3. The van der Waals surface area contributed by atoms with Gasteiger partial charge in [-0.2, -0.15) is 11.8 Å². The summed E-state index contributed by atoms with van der Waals surface area (Å²) in [7, 11) is 0. The van der Waals surface area contributed by atoms with Gasteiger partial charge < -0.3 is 10.2 Å². The molecule has 0 radical (unpaired) electrons. The minimum absolute atomic E-state index is 0.309. The van der Waals surface area contributed by atoms with E-state index in [-0.39, 0.29) is 0 Å². The van der Waals surface area contributed by atoms with Crippen LogP contribution in [-0.4, -0.2) is 48.5 Å². The SMILES string of the molecule is CSC(C)CC(=O)N1CCNCC1. The van der Waals surface area contributed by atoms with E-state index in [9.17, 15) is 4.79 Å². The fraction of sp³-hybridized carbons (Fsp3) is 0.889. The normalized spacial score (nSPS) is 20.0. The summed E-state index contributed by atoms with van der Waals surface area (Å²) in [5.41, 5.74) is 0. The summed E-state index contributed by atoms with van der Waals surface area (Å²) >= 11 is 1.75. The second-order valence-electron chi connectivity index (χ2n) is 3.38. The van der Waals surface area contributed by atoms with Crippen molar-refractivity contribution >= 4 is 17.7 Å². The lowest BCUT2D eigenvalue weighted by Gasteiger charge is -2.28. The Hall–Kier alpha value is -0.220. The first kappa shape index (κ1) is 10.9. The number of carbonyl (C=O) groups is 1. The van der Waals surface area contributed by atoms with Crippen LogP contribution >= 0.6 is 11.8 Å². The molecule has 1 fully saturated rings. The van der Waals surface area contributed by atoms with Gasteiger partial charge in [-0.05, 0) is 6.26 Å². The Morgan fingerprint density at radius 3 is 2.69 bits per heavy atom. The molecule has 0 aromatic rings. The quantitative estimate of drug-likeness (QED) is 0.726. The van der Waals surface area contributed by atoms with Crippen LogP contribution in [0.15, 0.2) is 0 Å². The Balaban J connectivity index is 2.29. The van der Waals surface area contributed by atoms with E-state index in [1.165, 1.54) is 0 Å². The Morgan fingerprint density at radius 2 is 2.15 bits per heavy atom. The third-order valence-corrected chi connectivity index (χ3v) is 3.31. The lowest BCUT2D eigenvalue weighted by Crippen LogP contribution is -2.46. The van der Waals surface area contributed by atoms with Crippen LogP contribution in [0.1, 0.15) is 13.3 Å². The average Bonchev–Trinajstić information content (AvgIpc) is 2.19. The number of hydrogen-bond donors (Lipinski definition) is 1. The molecule has 3 nitrogen and oxygen atoms in total. The molecular weight excluding hydrogens is 184 g/mol. The smallest absolute Gasteiger partial charge is 0.223 e. The highest BCUT2D eigenvalue weighted by atomic mass is 32.2. The van der Waals surface area contributed by atoms with Gasteiger partial charge >= 0.3 is 0 Å². The fourth-order valence-corrected chi connectivity index (χ4v) is 1.68. The van der Waals surface area contributed by atoms with E-state index < -0.39 is 0 Å². The summed E-state index contributed by atoms with van der Waals surface area (Å²) < 4.78 is 0. The second kappa shape index (κ2) is 5.50. The molecule has 1 amide bonds. The second-order valence-corrected chi connectivity index (χ2v) is 4.66. The minimum atomic E-state index is 0.309. The Morgan fingerprint density at radius 1 is 1.54 bits per heavy atom. The molecule has 1 heterocycles. The lowest BCUT2D eigenvalue weighted by molar-refractivity contribution is -0.131. The van der Waals surface area contributed by atoms with E-state index in [0.29, 0.717) is 17.6 Å². The number of nitrogens with one attached hydrogen (secondary N) is 1. The maximum atomic E-state index is 11.7. The van der Waals surface area contributed by atoms with Gasteiger partial charge in [0.25, 0.3) is 0 Å². The Bertz CT molecular complexity index is 169. The zero-order chi connectivity index (χ0) is 9.68. The molecule has 1 unspecified atom stereocenters. The van der Waals surface area contributed by atoms with Crippen molar-refractivity contribution in [3.63, 3.8) is 0 Å². The third-order valence-electron chi connectivity index (χ3n) is 2.33. The van der Waals surface area contributed by atoms with Crippen LogP contribution in [0.25, 0.3) is 0 Å². The van der Waals surface area contributed by atoms with Crippen molar-refractivity contribution in [3.05, 3.63) is 0 Å². The van der Waals surface area contributed by atoms with E-state index in [0.717, 1.165) is 26.2 Å². The third kappa shape index (κ3) is 3.56. The largest absolute Gasteiger partial charge is 0.340 e. The predicted octanol–water partition coefficient (Wildman–Crippen LogP) is 0.560. The number of carbonyl (C=O) groups excluding carboxylic acids is 1. The highest BCUT2D eigenvalue weighted by Crippen LogP contribution is 2.11. The lowest BCUT2D eigenvalue weighted by atomic mass is 10.2. The summed E-state index contributed by atoms with van der Waals surface area (Å²) in [6.45, 7) is 5.74. The molecule has 13 heavy (non-hydrogen) atoms. The number of amides is 1. The molecule has 0 aliphatic carbocycles. The van der Waals surface area contributed by atoms with Gasteiger partial charge in [-0.3, -0.25) is 4.79 Å². The van der Waals surface area contributed by atoms with E-state index in [2.05, 4.69) is 18.5 Å². The summed E-state index contributed by atoms with van der Waals surface area (Å²) in [6, 6.07) is 0. The molecule has 1 atom stereocenters. The van der Waals surface area contributed by atoms with Crippen molar-refractivity contribution in [2.75, 3.05) is 32.4 Å². The fourth-order valence-electron chi connectivity index (χ4n) is 1.37. The summed E-state index contributed by atoms with van der Waals surface area (Å²) in [5.74, 6) is 0.309. The first-order chi connectivity index (χ1) is 6.24. The topological polar surface area (TPSA) is 32.3 Å². The van der Waals surface area contributed by atoms with Crippen molar-refractivity contribution in [2.45, 2.75) is 18.6 Å². The molecular formula is C9H18N2OS. The van der Waals surface area contributed by atoms with E-state index in [4.69, 9.17) is 0 Å². The molecule has 1 saturated heterocycles. The number of nitrogens with zero attached hydrogens (tertiary/aromatic N) is 1. The van der Waals surface area contributed by atoms with Gasteiger partial charge in [-0.25, -0.2) is 0 Å². The molecule has 1 N–H and O–H groups in total. The van der Waals surface area contributed by atoms with Gasteiger partial charge in [-0.15, -0.1) is 0 Å². The Labute approximate surface area is 84.2 Å². The van der Waals surface area contributed by atoms with Gasteiger partial charge in [0.2, 0.25) is 5.91 Å². The first-order valence-electron chi connectivity index (χ1n) is 4.75. The van der Waals surface area contributed by atoms with Crippen LogP contribution in [0.4, 0.5) is 0 Å². The number of rotatable bonds is 3. The van der Waals surface area contributed by atoms with Crippen LogP contribution in [0, 0.1) is 0 Å². The molecule has 0 saturated carbocycles. The van der Waals surface area contributed by atoms with Gasteiger partial charge in [0.1, 0.15) is 0 Å². The predicted molar refractivity (Wildman–Crippen MR) is 57.0 cm³/mol. The van der Waals surface area contributed by atoms with Crippen molar-refractivity contribution in [2.24, 2.45) is 0 Å². The highest BCUT2D eigenvalue weighted by Gasteiger charge is 2.17. The van der Waals surface area contributed by atoms with Crippen LogP contribution in [0.2, 0.25) is 0 Å². The minimum Gasteiger partial charge on any atom is -0.340 e. The van der Waals surface area contributed by atoms with Gasteiger partial charge in [0, 0.05) is 37.8 Å². The number of hydrogen-bond acceptors (Lipinski definition) is 3. The van der Waals surface area contributed by atoms with E-state index in [1.807, 2.05) is 4.90 Å². The molecule has 0 bridgehead atoms. The molecule has 0 aromatic heterocycles. The van der Waals surface area contributed by atoms with Crippen LogP contribution in [0.5, 0.6) is 0 Å². The number of thioether (sulfide) groups is 1. The van der Waals surface area contributed by atoms with Crippen LogP contribution in [-0.2, 0) is 4.79 Å². The summed E-state index contributed by atoms with van der Waals surface area (Å²) in [5, 5.41) is 3.68. The summed E-state index contributed by atoms with van der Waals surface area (Å²) in [4.78, 5) is 13.6. The average molecular weight is 202 g/mol. The molecule has 0 spiro atoms.